The van der Waals surface area contributed by atoms with E-state index in [4.69, 9.17) is 10.2 Å². The van der Waals surface area contributed by atoms with E-state index in [0.717, 1.165) is 6.26 Å². The zero-order chi connectivity index (χ0) is 14.8. The highest BCUT2D eigenvalue weighted by Crippen LogP contribution is 2.22. The number of halogens is 3. The number of pyridine rings is 1. The van der Waals surface area contributed by atoms with Crippen molar-refractivity contribution in [3.63, 3.8) is 0 Å². The number of hydrogen-bond acceptors (Lipinski definition) is 5. The Morgan fingerprint density at radius 1 is 1.40 bits per heavy atom. The average molecular weight is 286 g/mol. The first-order valence-corrected chi connectivity index (χ1v) is 5.36. The first-order chi connectivity index (χ1) is 9.35. The second-order valence-corrected chi connectivity index (χ2v) is 3.83. The molecule has 2 rings (SSSR count). The average Bonchev–Trinajstić information content (AvgIpc) is 2.86. The van der Waals surface area contributed by atoms with Crippen LogP contribution in [0.3, 0.4) is 0 Å². The fourth-order valence-corrected chi connectivity index (χ4v) is 1.38. The van der Waals surface area contributed by atoms with Crippen molar-refractivity contribution in [2.24, 2.45) is 5.73 Å². The third-order valence-electron chi connectivity index (χ3n) is 2.23. The minimum absolute atomic E-state index is 0.0435. The number of oxazole rings is 1. The molecule has 0 aromatic carbocycles. The van der Waals surface area contributed by atoms with E-state index in [2.05, 4.69) is 15.3 Å². The van der Waals surface area contributed by atoms with Crippen molar-refractivity contribution < 1.29 is 22.4 Å². The predicted octanol–water partition coefficient (Wildman–Crippen LogP) is 1.81. The number of aromatic nitrogens is 2. The van der Waals surface area contributed by atoms with Crippen molar-refractivity contribution in [3.05, 3.63) is 30.4 Å². The molecule has 2 aromatic rings. The molecule has 0 spiro atoms. The number of anilines is 1. The molecule has 0 saturated carbocycles. The second-order valence-electron chi connectivity index (χ2n) is 3.83. The summed E-state index contributed by atoms with van der Waals surface area (Å²) in [6.45, 7) is -1.18. The van der Waals surface area contributed by atoms with Crippen LogP contribution in [0.1, 0.15) is 10.5 Å². The van der Waals surface area contributed by atoms with Crippen molar-refractivity contribution in [2.75, 3.05) is 11.9 Å². The lowest BCUT2D eigenvalue weighted by Gasteiger charge is -2.09. The Balaban J connectivity index is 2.18. The summed E-state index contributed by atoms with van der Waals surface area (Å²) in [5.74, 6) is -0.721. The summed E-state index contributed by atoms with van der Waals surface area (Å²) in [6, 6.07) is 1.37. The van der Waals surface area contributed by atoms with Crippen LogP contribution in [0.4, 0.5) is 18.9 Å². The lowest BCUT2D eigenvalue weighted by Crippen LogP contribution is -2.21. The standard InChI is InChI=1S/C11H9F3N4O2/c12-11(13,14)5-17-7-1-6(2-16-3-7)10-18-8(4-20-10)9(15)19/h1-4,17H,5H2,(H2,15,19). The fourth-order valence-electron chi connectivity index (χ4n) is 1.38. The Labute approximate surface area is 110 Å². The van der Waals surface area contributed by atoms with Gasteiger partial charge in [0.2, 0.25) is 5.89 Å². The lowest BCUT2D eigenvalue weighted by atomic mass is 10.2. The van der Waals surface area contributed by atoms with Crippen LogP contribution >= 0.6 is 0 Å². The molecule has 20 heavy (non-hydrogen) atoms. The van der Waals surface area contributed by atoms with Gasteiger partial charge in [-0.25, -0.2) is 4.98 Å². The second kappa shape index (κ2) is 5.19. The normalized spacial score (nSPS) is 11.3. The first-order valence-electron chi connectivity index (χ1n) is 5.36. The Morgan fingerprint density at radius 3 is 2.75 bits per heavy atom. The van der Waals surface area contributed by atoms with Gasteiger partial charge in [0.1, 0.15) is 12.8 Å². The largest absolute Gasteiger partial charge is 0.444 e. The van der Waals surface area contributed by atoms with Gasteiger partial charge in [-0.05, 0) is 6.07 Å². The molecule has 0 saturated heterocycles. The van der Waals surface area contributed by atoms with Gasteiger partial charge in [0, 0.05) is 12.4 Å². The van der Waals surface area contributed by atoms with Crippen LogP contribution in [-0.2, 0) is 0 Å². The number of alkyl halides is 3. The quantitative estimate of drug-likeness (QED) is 0.893. The Morgan fingerprint density at radius 2 is 2.15 bits per heavy atom. The van der Waals surface area contributed by atoms with Gasteiger partial charge in [0.25, 0.3) is 5.91 Å². The number of carbonyl (C=O) groups excluding carboxylic acids is 1. The smallest absolute Gasteiger partial charge is 0.405 e. The van der Waals surface area contributed by atoms with E-state index in [1.54, 1.807) is 0 Å². The predicted molar refractivity (Wildman–Crippen MR) is 62.8 cm³/mol. The van der Waals surface area contributed by atoms with E-state index < -0.39 is 18.6 Å². The topological polar surface area (TPSA) is 94.0 Å². The van der Waals surface area contributed by atoms with Gasteiger partial charge in [0.15, 0.2) is 5.69 Å². The Kier molecular flexibility index (Phi) is 3.59. The highest BCUT2D eigenvalue weighted by atomic mass is 19.4. The maximum absolute atomic E-state index is 12.1. The van der Waals surface area contributed by atoms with Crippen LogP contribution in [0.2, 0.25) is 0 Å². The van der Waals surface area contributed by atoms with E-state index in [9.17, 15) is 18.0 Å². The van der Waals surface area contributed by atoms with Crippen LogP contribution in [0.15, 0.2) is 29.1 Å². The Bertz CT molecular complexity index is 624. The highest BCUT2D eigenvalue weighted by Gasteiger charge is 2.26. The summed E-state index contributed by atoms with van der Waals surface area (Å²) in [7, 11) is 0. The number of nitrogens with zero attached hydrogens (tertiary/aromatic N) is 2. The van der Waals surface area contributed by atoms with Crippen LogP contribution in [-0.4, -0.2) is 28.6 Å². The molecule has 3 N–H and O–H groups in total. The zero-order valence-electron chi connectivity index (χ0n) is 9.94. The number of nitrogens with one attached hydrogen (secondary N) is 1. The van der Waals surface area contributed by atoms with Crippen molar-refractivity contribution in [2.45, 2.75) is 6.18 Å². The molecule has 0 fully saturated rings. The highest BCUT2D eigenvalue weighted by molar-refractivity contribution is 5.90. The third-order valence-corrected chi connectivity index (χ3v) is 2.23. The minimum Gasteiger partial charge on any atom is -0.444 e. The fraction of sp³-hybridized carbons (Fsp3) is 0.182. The van der Waals surface area contributed by atoms with Gasteiger partial charge in [-0.15, -0.1) is 0 Å². The summed E-state index contributed by atoms with van der Waals surface area (Å²) in [6.07, 6.45) is -0.700. The number of nitrogens with two attached hydrogens (primary N) is 1. The number of carbonyl (C=O) groups is 1. The SMILES string of the molecule is NC(=O)c1coc(-c2cncc(NCC(F)(F)F)c2)n1. The van der Waals surface area contributed by atoms with Gasteiger partial charge < -0.3 is 15.5 Å². The summed E-state index contributed by atoms with van der Waals surface area (Å²) < 4.78 is 41.3. The molecular weight excluding hydrogens is 277 g/mol. The number of primary amides is 1. The number of rotatable bonds is 4. The maximum atomic E-state index is 12.1. The van der Waals surface area contributed by atoms with E-state index in [-0.39, 0.29) is 17.3 Å². The van der Waals surface area contributed by atoms with Crippen molar-refractivity contribution in [3.8, 4) is 11.5 Å². The van der Waals surface area contributed by atoms with Crippen LogP contribution in [0.25, 0.3) is 11.5 Å². The van der Waals surface area contributed by atoms with Gasteiger partial charge in [0.05, 0.1) is 11.3 Å². The molecule has 106 valence electrons. The molecule has 9 heteroatoms. The van der Waals surface area contributed by atoms with E-state index in [1.165, 1.54) is 18.5 Å². The monoisotopic (exact) mass is 286 g/mol. The molecule has 0 bridgehead atoms. The van der Waals surface area contributed by atoms with Gasteiger partial charge in [-0.3, -0.25) is 9.78 Å². The van der Waals surface area contributed by atoms with Crippen molar-refractivity contribution >= 4 is 11.6 Å². The number of hydrogen-bond donors (Lipinski definition) is 2. The molecule has 0 unspecified atom stereocenters. The minimum atomic E-state index is -4.34. The van der Waals surface area contributed by atoms with Crippen molar-refractivity contribution in [1.29, 1.82) is 0 Å². The Hall–Kier alpha value is -2.58. The summed E-state index contributed by atoms with van der Waals surface area (Å²) in [5.41, 5.74) is 5.42. The molecule has 6 nitrogen and oxygen atoms in total. The summed E-state index contributed by atoms with van der Waals surface area (Å²) >= 11 is 0. The molecule has 0 radical (unpaired) electrons. The van der Waals surface area contributed by atoms with Crippen LogP contribution in [0, 0.1) is 0 Å². The zero-order valence-corrected chi connectivity index (χ0v) is 9.94. The third kappa shape index (κ3) is 3.46. The summed E-state index contributed by atoms with van der Waals surface area (Å²) in [4.78, 5) is 18.4. The summed E-state index contributed by atoms with van der Waals surface area (Å²) in [5, 5.41) is 2.18. The molecule has 0 aliphatic carbocycles. The van der Waals surface area contributed by atoms with Gasteiger partial charge >= 0.3 is 6.18 Å². The molecule has 2 heterocycles. The van der Waals surface area contributed by atoms with Crippen molar-refractivity contribution in [1.82, 2.24) is 9.97 Å². The van der Waals surface area contributed by atoms with Crippen LogP contribution in [0.5, 0.6) is 0 Å². The maximum Gasteiger partial charge on any atom is 0.405 e. The number of amides is 1. The molecule has 0 atom stereocenters. The van der Waals surface area contributed by atoms with E-state index >= 15 is 0 Å². The first kappa shape index (κ1) is 13.8. The van der Waals surface area contributed by atoms with E-state index in [1.807, 2.05) is 0 Å². The van der Waals surface area contributed by atoms with Gasteiger partial charge in [-0.1, -0.05) is 0 Å². The molecular formula is C11H9F3N4O2. The molecule has 1 amide bonds. The van der Waals surface area contributed by atoms with Gasteiger partial charge in [-0.2, -0.15) is 13.2 Å². The van der Waals surface area contributed by atoms with Crippen LogP contribution < -0.4 is 11.1 Å². The van der Waals surface area contributed by atoms with E-state index in [0.29, 0.717) is 5.56 Å². The molecule has 2 aromatic heterocycles. The lowest BCUT2D eigenvalue weighted by molar-refractivity contribution is -0.115. The molecule has 0 aliphatic heterocycles. The molecule has 0 aliphatic rings.